The van der Waals surface area contributed by atoms with E-state index in [1.54, 1.807) is 12.3 Å². The van der Waals surface area contributed by atoms with Crippen molar-refractivity contribution in [2.75, 3.05) is 49.6 Å². The lowest BCUT2D eigenvalue weighted by Gasteiger charge is -2.32. The third-order valence-electron chi connectivity index (χ3n) is 7.62. The molecule has 2 aromatic heterocycles. The molecule has 202 valence electrons. The first-order valence-corrected chi connectivity index (χ1v) is 13.9. The summed E-state index contributed by atoms with van der Waals surface area (Å²) in [5.74, 6) is 0.717. The normalized spacial score (nSPS) is 17.1. The molecule has 0 aliphatic carbocycles. The SMILES string of the molecule is Cc1nc(NC2CCN(Cc3ccc(Cl)cc3)CC2)nc2ccc(-c3ccnc(N4CCOCC4)c3F)cc12. The summed E-state index contributed by atoms with van der Waals surface area (Å²) in [6, 6.07) is 16.0. The average Bonchev–Trinajstić information content (AvgIpc) is 2.96. The van der Waals surface area contributed by atoms with Crippen molar-refractivity contribution in [3.63, 3.8) is 0 Å². The number of rotatable bonds is 6. The Bertz CT molecular complexity index is 1450. The van der Waals surface area contributed by atoms with Crippen LogP contribution in [0.15, 0.2) is 54.7 Å². The number of morpholine rings is 1. The summed E-state index contributed by atoms with van der Waals surface area (Å²) in [5, 5.41) is 5.24. The van der Waals surface area contributed by atoms with Crippen molar-refractivity contribution in [2.24, 2.45) is 0 Å². The van der Waals surface area contributed by atoms with E-state index < -0.39 is 0 Å². The predicted molar refractivity (Wildman–Crippen MR) is 154 cm³/mol. The Morgan fingerprint density at radius 2 is 1.77 bits per heavy atom. The Hall–Kier alpha value is -3.33. The van der Waals surface area contributed by atoms with Gasteiger partial charge in [-0.3, -0.25) is 4.90 Å². The van der Waals surface area contributed by atoms with Crippen LogP contribution in [0.5, 0.6) is 0 Å². The van der Waals surface area contributed by atoms with Crippen LogP contribution in [0.4, 0.5) is 16.2 Å². The van der Waals surface area contributed by atoms with Gasteiger partial charge in [-0.25, -0.2) is 19.3 Å². The van der Waals surface area contributed by atoms with Gasteiger partial charge in [0, 0.05) is 60.9 Å². The fourth-order valence-corrected chi connectivity index (χ4v) is 5.56. The molecule has 4 heterocycles. The minimum Gasteiger partial charge on any atom is -0.378 e. The Kier molecular flexibility index (Phi) is 7.59. The molecule has 0 spiro atoms. The standard InChI is InChI=1S/C30H32ClFN6O/c1-20-26-18-22(25-8-11-33-29(28(25)32)38-14-16-39-17-15-38)4-7-27(26)36-30(34-20)35-24-9-12-37(13-10-24)19-21-2-5-23(31)6-3-21/h2-8,11,18,24H,9-10,12-17,19H2,1H3,(H,34,35,36). The lowest BCUT2D eigenvalue weighted by molar-refractivity contribution is 0.122. The monoisotopic (exact) mass is 546 g/mol. The molecule has 2 fully saturated rings. The summed E-state index contributed by atoms with van der Waals surface area (Å²) in [5.41, 5.74) is 4.31. The van der Waals surface area contributed by atoms with Crippen molar-refractivity contribution in [2.45, 2.75) is 32.4 Å². The molecule has 7 nitrogen and oxygen atoms in total. The number of fused-ring (bicyclic) bond motifs is 1. The molecule has 4 aromatic rings. The number of pyridine rings is 1. The number of aromatic nitrogens is 3. The quantitative estimate of drug-likeness (QED) is 0.332. The number of hydrogen-bond acceptors (Lipinski definition) is 7. The topological polar surface area (TPSA) is 66.4 Å². The Morgan fingerprint density at radius 1 is 1.00 bits per heavy atom. The minimum absolute atomic E-state index is 0.307. The second-order valence-corrected chi connectivity index (χ2v) is 10.7. The molecular formula is C30H32ClFN6O. The third-order valence-corrected chi connectivity index (χ3v) is 7.87. The van der Waals surface area contributed by atoms with E-state index in [0.717, 1.165) is 59.7 Å². The molecule has 0 saturated carbocycles. The number of nitrogens with zero attached hydrogens (tertiary/aromatic N) is 5. The van der Waals surface area contributed by atoms with Gasteiger partial charge >= 0.3 is 0 Å². The lowest BCUT2D eigenvalue weighted by atomic mass is 10.0. The molecule has 0 bridgehead atoms. The molecule has 2 aliphatic rings. The van der Waals surface area contributed by atoms with E-state index in [1.807, 2.05) is 42.2 Å². The number of aryl methyl sites for hydroxylation is 1. The van der Waals surface area contributed by atoms with E-state index in [2.05, 4.69) is 27.3 Å². The third kappa shape index (κ3) is 5.83. The summed E-state index contributed by atoms with van der Waals surface area (Å²) >= 11 is 6.02. The molecule has 0 amide bonds. The van der Waals surface area contributed by atoms with Gasteiger partial charge in [0.15, 0.2) is 11.6 Å². The number of likely N-dealkylation sites (tertiary alicyclic amines) is 1. The molecule has 1 N–H and O–H groups in total. The molecule has 2 saturated heterocycles. The largest absolute Gasteiger partial charge is 0.378 e. The van der Waals surface area contributed by atoms with Gasteiger partial charge in [-0.2, -0.15) is 0 Å². The van der Waals surface area contributed by atoms with Crippen LogP contribution in [0.3, 0.4) is 0 Å². The highest BCUT2D eigenvalue weighted by Gasteiger charge is 2.22. The van der Waals surface area contributed by atoms with E-state index in [9.17, 15) is 0 Å². The number of piperidine rings is 1. The van der Waals surface area contributed by atoms with Crippen molar-refractivity contribution >= 4 is 34.3 Å². The molecule has 39 heavy (non-hydrogen) atoms. The number of ether oxygens (including phenoxy) is 1. The maximum atomic E-state index is 15.5. The van der Waals surface area contributed by atoms with Gasteiger partial charge in [0.2, 0.25) is 5.95 Å². The summed E-state index contributed by atoms with van der Waals surface area (Å²) in [6.07, 6.45) is 3.73. The number of nitrogens with one attached hydrogen (secondary N) is 1. The number of halogens is 2. The van der Waals surface area contributed by atoms with Gasteiger partial charge in [0.25, 0.3) is 0 Å². The molecule has 2 aliphatic heterocycles. The van der Waals surface area contributed by atoms with Crippen LogP contribution in [-0.2, 0) is 11.3 Å². The van der Waals surface area contributed by atoms with Crippen LogP contribution in [0.25, 0.3) is 22.0 Å². The zero-order valence-corrected chi connectivity index (χ0v) is 22.8. The molecule has 9 heteroatoms. The second-order valence-electron chi connectivity index (χ2n) is 10.3. The van der Waals surface area contributed by atoms with Crippen LogP contribution < -0.4 is 10.2 Å². The van der Waals surface area contributed by atoms with E-state index in [1.165, 1.54) is 5.56 Å². The fraction of sp³-hybridized carbons (Fsp3) is 0.367. The van der Waals surface area contributed by atoms with Crippen molar-refractivity contribution in [3.05, 3.63) is 76.8 Å². The van der Waals surface area contributed by atoms with Crippen molar-refractivity contribution < 1.29 is 9.13 Å². The maximum Gasteiger partial charge on any atom is 0.223 e. The van der Waals surface area contributed by atoms with E-state index in [4.69, 9.17) is 26.3 Å². The Morgan fingerprint density at radius 3 is 2.54 bits per heavy atom. The van der Waals surface area contributed by atoms with Crippen LogP contribution in [0, 0.1) is 12.7 Å². The lowest BCUT2D eigenvalue weighted by Crippen LogP contribution is -2.39. The fourth-order valence-electron chi connectivity index (χ4n) is 5.43. The smallest absolute Gasteiger partial charge is 0.223 e. The van der Waals surface area contributed by atoms with Crippen LogP contribution >= 0.6 is 11.6 Å². The predicted octanol–water partition coefficient (Wildman–Crippen LogP) is 5.71. The van der Waals surface area contributed by atoms with Gasteiger partial charge in [0.1, 0.15) is 0 Å². The van der Waals surface area contributed by atoms with E-state index in [0.29, 0.717) is 49.7 Å². The summed E-state index contributed by atoms with van der Waals surface area (Å²) < 4.78 is 20.9. The molecule has 6 rings (SSSR count). The molecule has 0 unspecified atom stereocenters. The zero-order chi connectivity index (χ0) is 26.8. The molecule has 0 radical (unpaired) electrons. The van der Waals surface area contributed by atoms with Crippen LogP contribution in [-0.4, -0.2) is 65.3 Å². The highest BCUT2D eigenvalue weighted by Crippen LogP contribution is 2.31. The highest BCUT2D eigenvalue weighted by molar-refractivity contribution is 6.30. The first-order chi connectivity index (χ1) is 19.0. The minimum atomic E-state index is -0.307. The first kappa shape index (κ1) is 25.9. The van der Waals surface area contributed by atoms with Crippen molar-refractivity contribution in [1.29, 1.82) is 0 Å². The first-order valence-electron chi connectivity index (χ1n) is 13.5. The van der Waals surface area contributed by atoms with Gasteiger partial charge in [0.05, 0.1) is 24.4 Å². The average molecular weight is 547 g/mol. The van der Waals surface area contributed by atoms with Gasteiger partial charge < -0.3 is 15.0 Å². The number of benzene rings is 2. The van der Waals surface area contributed by atoms with Gasteiger partial charge in [-0.05, 0) is 61.2 Å². The Labute approximate surface area is 233 Å². The summed E-state index contributed by atoms with van der Waals surface area (Å²) in [6.45, 7) is 7.37. The summed E-state index contributed by atoms with van der Waals surface area (Å²) in [7, 11) is 0. The Balaban J connectivity index is 1.14. The molecule has 0 atom stereocenters. The van der Waals surface area contributed by atoms with Crippen molar-refractivity contribution in [1.82, 2.24) is 19.9 Å². The highest BCUT2D eigenvalue weighted by atomic mass is 35.5. The number of anilines is 2. The molecular weight excluding hydrogens is 515 g/mol. The van der Waals surface area contributed by atoms with Crippen LogP contribution in [0.1, 0.15) is 24.1 Å². The van der Waals surface area contributed by atoms with Gasteiger partial charge in [-0.1, -0.05) is 29.8 Å². The molecule has 2 aromatic carbocycles. The van der Waals surface area contributed by atoms with Gasteiger partial charge in [-0.15, -0.1) is 0 Å². The number of hydrogen-bond donors (Lipinski definition) is 1. The van der Waals surface area contributed by atoms with E-state index in [-0.39, 0.29) is 5.82 Å². The van der Waals surface area contributed by atoms with E-state index >= 15 is 4.39 Å². The van der Waals surface area contributed by atoms with Crippen molar-refractivity contribution in [3.8, 4) is 11.1 Å². The zero-order valence-electron chi connectivity index (χ0n) is 22.0. The summed E-state index contributed by atoms with van der Waals surface area (Å²) in [4.78, 5) is 18.3. The van der Waals surface area contributed by atoms with Crippen LogP contribution in [0.2, 0.25) is 5.02 Å². The second kappa shape index (κ2) is 11.4. The maximum absolute atomic E-state index is 15.5.